The molecule has 1 aromatic carbocycles. The largest absolute Gasteiger partial charge is 0.310 e. The molecule has 2 aromatic rings. The molecular weight excluding hydrogens is 360 g/mol. The Bertz CT molecular complexity index is 672. The normalized spacial score (nSPS) is 11.1. The number of hydrogen-bond donors (Lipinski definition) is 0. The van der Waals surface area contributed by atoms with Gasteiger partial charge in [-0.05, 0) is 12.0 Å². The van der Waals surface area contributed by atoms with Gasteiger partial charge in [-0.25, -0.2) is 0 Å². The van der Waals surface area contributed by atoms with Gasteiger partial charge in [-0.1, -0.05) is 29.8 Å². The highest BCUT2D eigenvalue weighted by molar-refractivity contribution is 9.10. The van der Waals surface area contributed by atoms with E-state index in [1.165, 1.54) is 12.1 Å². The molecule has 0 atom stereocenters. The molecular formula is C13H14BrClN4O2. The van der Waals surface area contributed by atoms with Gasteiger partial charge in [-0.3, -0.25) is 10.1 Å². The minimum Gasteiger partial charge on any atom is -0.310 e. The highest BCUT2D eigenvalue weighted by atomic mass is 79.9. The third-order valence-electron chi connectivity index (χ3n) is 2.85. The van der Waals surface area contributed by atoms with Gasteiger partial charge < -0.3 is 4.57 Å². The third-order valence-corrected chi connectivity index (χ3v) is 3.54. The first-order chi connectivity index (χ1) is 9.92. The molecule has 0 saturated heterocycles. The summed E-state index contributed by atoms with van der Waals surface area (Å²) < 4.78 is 2.53. The SMILES string of the molecule is CC(C)Cn1c(CCl)nnc1-c1cc(Br)cc([N+](=O)[O-])c1. The summed E-state index contributed by atoms with van der Waals surface area (Å²) >= 11 is 9.18. The quantitative estimate of drug-likeness (QED) is 0.451. The smallest absolute Gasteiger partial charge is 0.271 e. The van der Waals surface area contributed by atoms with Crippen molar-refractivity contribution in [1.29, 1.82) is 0 Å². The molecule has 0 amide bonds. The first kappa shape index (κ1) is 15.9. The van der Waals surface area contributed by atoms with Crippen molar-refractivity contribution in [3.8, 4) is 11.4 Å². The van der Waals surface area contributed by atoms with Crippen LogP contribution in [-0.2, 0) is 12.4 Å². The van der Waals surface area contributed by atoms with Gasteiger partial charge in [0.15, 0.2) is 5.82 Å². The monoisotopic (exact) mass is 372 g/mol. The van der Waals surface area contributed by atoms with Crippen molar-refractivity contribution in [2.45, 2.75) is 26.3 Å². The predicted octanol–water partition coefficient (Wildman–Crippen LogP) is 4.01. The molecule has 0 radical (unpaired) electrons. The van der Waals surface area contributed by atoms with Crippen LogP contribution in [0.15, 0.2) is 22.7 Å². The molecule has 112 valence electrons. The topological polar surface area (TPSA) is 73.8 Å². The van der Waals surface area contributed by atoms with Gasteiger partial charge >= 0.3 is 0 Å². The Labute approximate surface area is 135 Å². The van der Waals surface area contributed by atoms with E-state index in [1.807, 2.05) is 4.57 Å². The molecule has 0 aliphatic heterocycles. The zero-order valence-corrected chi connectivity index (χ0v) is 13.9. The van der Waals surface area contributed by atoms with Gasteiger partial charge in [0, 0.05) is 28.7 Å². The van der Waals surface area contributed by atoms with E-state index in [4.69, 9.17) is 11.6 Å². The van der Waals surface area contributed by atoms with E-state index in [0.29, 0.717) is 34.1 Å². The zero-order valence-electron chi connectivity index (χ0n) is 11.6. The second-order valence-electron chi connectivity index (χ2n) is 5.03. The van der Waals surface area contributed by atoms with E-state index >= 15 is 0 Å². The van der Waals surface area contributed by atoms with Gasteiger partial charge in [0.1, 0.15) is 5.82 Å². The zero-order chi connectivity index (χ0) is 15.6. The predicted molar refractivity (Wildman–Crippen MR) is 84.2 cm³/mol. The Balaban J connectivity index is 2.56. The van der Waals surface area contributed by atoms with E-state index in [1.54, 1.807) is 6.07 Å². The molecule has 8 heteroatoms. The van der Waals surface area contributed by atoms with Crippen LogP contribution in [0.1, 0.15) is 19.7 Å². The van der Waals surface area contributed by atoms with Gasteiger partial charge in [0.25, 0.3) is 5.69 Å². The number of nitrogens with zero attached hydrogens (tertiary/aromatic N) is 4. The van der Waals surface area contributed by atoms with Crippen LogP contribution in [0.25, 0.3) is 11.4 Å². The molecule has 0 aliphatic rings. The third kappa shape index (κ3) is 3.59. The number of halogens is 2. The summed E-state index contributed by atoms with van der Waals surface area (Å²) in [6.45, 7) is 4.85. The average molecular weight is 374 g/mol. The minimum atomic E-state index is -0.431. The summed E-state index contributed by atoms with van der Waals surface area (Å²) in [7, 11) is 0. The van der Waals surface area contributed by atoms with E-state index < -0.39 is 4.92 Å². The molecule has 2 rings (SSSR count). The molecule has 0 unspecified atom stereocenters. The maximum absolute atomic E-state index is 11.0. The Kier molecular flexibility index (Phi) is 4.95. The highest BCUT2D eigenvalue weighted by Crippen LogP contribution is 2.28. The van der Waals surface area contributed by atoms with E-state index in [9.17, 15) is 10.1 Å². The van der Waals surface area contributed by atoms with E-state index in [2.05, 4.69) is 40.0 Å². The summed E-state index contributed by atoms with van der Waals surface area (Å²) in [6, 6.07) is 4.73. The first-order valence-electron chi connectivity index (χ1n) is 6.35. The lowest BCUT2D eigenvalue weighted by molar-refractivity contribution is -0.384. The van der Waals surface area contributed by atoms with Crippen LogP contribution in [0.5, 0.6) is 0 Å². The number of nitro groups is 1. The van der Waals surface area contributed by atoms with Gasteiger partial charge in [0.2, 0.25) is 0 Å². The van der Waals surface area contributed by atoms with Gasteiger partial charge in [-0.15, -0.1) is 21.8 Å². The fourth-order valence-electron chi connectivity index (χ4n) is 2.01. The molecule has 6 nitrogen and oxygen atoms in total. The molecule has 1 aromatic heterocycles. The van der Waals surface area contributed by atoms with Crippen LogP contribution < -0.4 is 0 Å². The molecule has 0 aliphatic carbocycles. The molecule has 0 fully saturated rings. The first-order valence-corrected chi connectivity index (χ1v) is 7.68. The van der Waals surface area contributed by atoms with Crippen LogP contribution in [0.2, 0.25) is 0 Å². The number of non-ortho nitro benzene ring substituents is 1. The van der Waals surface area contributed by atoms with Gasteiger partial charge in [0.05, 0.1) is 10.8 Å². The minimum absolute atomic E-state index is 0.00546. The summed E-state index contributed by atoms with van der Waals surface area (Å²) in [4.78, 5) is 10.6. The average Bonchev–Trinajstić information content (AvgIpc) is 2.80. The Hall–Kier alpha value is -1.47. The molecule has 0 bridgehead atoms. The lowest BCUT2D eigenvalue weighted by Gasteiger charge is -2.12. The number of nitro benzene ring substituents is 1. The van der Waals surface area contributed by atoms with Crippen molar-refractivity contribution in [3.05, 3.63) is 38.6 Å². The number of aromatic nitrogens is 3. The Morgan fingerprint density at radius 3 is 2.67 bits per heavy atom. The van der Waals surface area contributed by atoms with Crippen LogP contribution in [-0.4, -0.2) is 19.7 Å². The van der Waals surface area contributed by atoms with Crippen LogP contribution in [0.4, 0.5) is 5.69 Å². The second-order valence-corrected chi connectivity index (χ2v) is 6.22. The maximum Gasteiger partial charge on any atom is 0.271 e. The van der Waals surface area contributed by atoms with Crippen molar-refractivity contribution in [2.75, 3.05) is 0 Å². The van der Waals surface area contributed by atoms with Crippen LogP contribution in [0.3, 0.4) is 0 Å². The lowest BCUT2D eigenvalue weighted by atomic mass is 10.1. The van der Waals surface area contributed by atoms with E-state index in [-0.39, 0.29) is 11.6 Å². The Morgan fingerprint density at radius 2 is 2.10 bits per heavy atom. The fourth-order valence-corrected chi connectivity index (χ4v) is 2.69. The number of benzene rings is 1. The van der Waals surface area contributed by atoms with Crippen LogP contribution >= 0.6 is 27.5 Å². The van der Waals surface area contributed by atoms with Crippen molar-refractivity contribution >= 4 is 33.2 Å². The second kappa shape index (κ2) is 6.53. The molecule has 0 N–H and O–H groups in total. The number of rotatable bonds is 5. The molecule has 0 saturated carbocycles. The Morgan fingerprint density at radius 1 is 1.38 bits per heavy atom. The molecule has 21 heavy (non-hydrogen) atoms. The fraction of sp³-hybridized carbons (Fsp3) is 0.385. The van der Waals surface area contributed by atoms with Crippen molar-refractivity contribution in [1.82, 2.24) is 14.8 Å². The van der Waals surface area contributed by atoms with Gasteiger partial charge in [-0.2, -0.15) is 0 Å². The standard InChI is InChI=1S/C13H14BrClN4O2/c1-8(2)7-18-12(6-15)16-17-13(18)9-3-10(14)5-11(4-9)19(20)21/h3-5,8H,6-7H2,1-2H3. The van der Waals surface area contributed by atoms with Crippen molar-refractivity contribution in [2.24, 2.45) is 5.92 Å². The number of hydrogen-bond acceptors (Lipinski definition) is 4. The summed E-state index contributed by atoms with van der Waals surface area (Å²) in [5.74, 6) is 1.87. The summed E-state index contributed by atoms with van der Waals surface area (Å²) in [5, 5.41) is 19.2. The summed E-state index contributed by atoms with van der Waals surface area (Å²) in [5.41, 5.74) is 0.645. The molecule has 1 heterocycles. The summed E-state index contributed by atoms with van der Waals surface area (Å²) in [6.07, 6.45) is 0. The van der Waals surface area contributed by atoms with E-state index in [0.717, 1.165) is 0 Å². The lowest BCUT2D eigenvalue weighted by Crippen LogP contribution is -2.09. The highest BCUT2D eigenvalue weighted by Gasteiger charge is 2.17. The van der Waals surface area contributed by atoms with Crippen LogP contribution in [0, 0.1) is 16.0 Å². The van der Waals surface area contributed by atoms with Crippen molar-refractivity contribution < 1.29 is 4.92 Å². The maximum atomic E-state index is 11.0. The molecule has 0 spiro atoms. The number of alkyl halides is 1. The van der Waals surface area contributed by atoms with Crippen molar-refractivity contribution in [3.63, 3.8) is 0 Å².